The molecule has 0 spiro atoms. The van der Waals surface area contributed by atoms with Crippen LogP contribution in [0.25, 0.3) is 0 Å². The minimum Gasteiger partial charge on any atom is -0.504 e. The first-order valence-electron chi connectivity index (χ1n) is 4.36. The van der Waals surface area contributed by atoms with Gasteiger partial charge in [0.25, 0.3) is 6.43 Å². The molecule has 0 aliphatic rings. The number of phenols is 1. The molecule has 86 valence electrons. The molecule has 0 saturated carbocycles. The van der Waals surface area contributed by atoms with Gasteiger partial charge in [0.1, 0.15) is 0 Å². The topological polar surface area (TPSA) is 79.3 Å². The Bertz CT molecular complexity index is 430. The molecule has 0 fully saturated rings. The van der Waals surface area contributed by atoms with Gasteiger partial charge in [-0.2, -0.15) is 5.26 Å². The molecule has 0 aliphatic carbocycles. The van der Waals surface area contributed by atoms with E-state index in [2.05, 4.69) is 0 Å². The molecule has 3 N–H and O–H groups in total. The third-order valence-electron chi connectivity index (χ3n) is 2.08. The summed E-state index contributed by atoms with van der Waals surface area (Å²) in [6.45, 7) is 0. The molecule has 16 heavy (non-hydrogen) atoms. The number of ether oxygens (including phenoxy) is 1. The van der Waals surface area contributed by atoms with Crippen LogP contribution < -0.4 is 10.5 Å². The van der Waals surface area contributed by atoms with Gasteiger partial charge in [-0.25, -0.2) is 8.78 Å². The molecular weight excluding hydrogens is 218 g/mol. The van der Waals surface area contributed by atoms with Gasteiger partial charge in [0.05, 0.1) is 24.8 Å². The first-order chi connectivity index (χ1) is 7.51. The van der Waals surface area contributed by atoms with Gasteiger partial charge in [-0.05, 0) is 6.07 Å². The number of nitrogens with two attached hydrogens (primary N) is 1. The van der Waals surface area contributed by atoms with Crippen molar-refractivity contribution in [3.63, 3.8) is 0 Å². The summed E-state index contributed by atoms with van der Waals surface area (Å²) in [5, 5.41) is 18.3. The highest BCUT2D eigenvalue weighted by atomic mass is 19.3. The fourth-order valence-electron chi connectivity index (χ4n) is 1.24. The minimum absolute atomic E-state index is 0.0508. The van der Waals surface area contributed by atoms with E-state index in [-0.39, 0.29) is 16.9 Å². The van der Waals surface area contributed by atoms with Crippen LogP contribution >= 0.6 is 0 Å². The molecule has 0 aliphatic heterocycles. The van der Waals surface area contributed by atoms with E-state index in [1.54, 1.807) is 6.07 Å². The van der Waals surface area contributed by atoms with Gasteiger partial charge < -0.3 is 15.6 Å². The summed E-state index contributed by atoms with van der Waals surface area (Å²) in [6, 6.07) is 2.49. The predicted octanol–water partition coefficient (Wildman–Crippen LogP) is 1.54. The summed E-state index contributed by atoms with van der Waals surface area (Å²) in [6.07, 6.45) is -2.83. The van der Waals surface area contributed by atoms with E-state index in [0.29, 0.717) is 0 Å². The Morgan fingerprint density at radius 3 is 2.56 bits per heavy atom. The Balaban J connectivity index is 3.33. The lowest BCUT2D eigenvalue weighted by molar-refractivity contribution is 0.115. The molecule has 0 heterocycles. The Labute approximate surface area is 90.9 Å². The van der Waals surface area contributed by atoms with Gasteiger partial charge in [-0.3, -0.25) is 0 Å². The predicted molar refractivity (Wildman–Crippen MR) is 52.3 cm³/mol. The molecular formula is C10H10F2N2O2. The summed E-state index contributed by atoms with van der Waals surface area (Å²) in [4.78, 5) is 0. The zero-order valence-corrected chi connectivity index (χ0v) is 8.45. The Kier molecular flexibility index (Phi) is 3.64. The molecule has 1 aromatic carbocycles. The summed E-state index contributed by atoms with van der Waals surface area (Å²) in [7, 11) is 1.26. The summed E-state index contributed by atoms with van der Waals surface area (Å²) in [5.74, 6) is -0.514. The Morgan fingerprint density at radius 1 is 1.50 bits per heavy atom. The number of aromatic hydroxyl groups is 1. The van der Waals surface area contributed by atoms with Crippen LogP contribution in [-0.4, -0.2) is 18.6 Å². The standard InChI is InChI=1S/C10H10F2N2O2/c1-16-7-3-5(4-13)2-6(9(7)15)8(14)10(11)12/h2-3,8,10,15H,14H2,1H3/t8-/m0/s1. The van der Waals surface area contributed by atoms with Crippen molar-refractivity contribution in [3.05, 3.63) is 23.3 Å². The smallest absolute Gasteiger partial charge is 0.257 e. The monoisotopic (exact) mass is 228 g/mol. The second kappa shape index (κ2) is 4.77. The highest BCUT2D eigenvalue weighted by Gasteiger charge is 2.23. The second-order valence-corrected chi connectivity index (χ2v) is 3.09. The molecule has 0 bridgehead atoms. The van der Waals surface area contributed by atoms with Gasteiger partial charge >= 0.3 is 0 Å². The third kappa shape index (κ3) is 2.20. The molecule has 0 amide bonds. The quantitative estimate of drug-likeness (QED) is 0.822. The van der Waals surface area contributed by atoms with Crippen LogP contribution in [0, 0.1) is 11.3 Å². The summed E-state index contributed by atoms with van der Waals surface area (Å²) in [5.41, 5.74) is 5.11. The molecule has 1 rings (SSSR count). The van der Waals surface area contributed by atoms with Crippen LogP contribution in [0.15, 0.2) is 12.1 Å². The molecule has 0 unspecified atom stereocenters. The van der Waals surface area contributed by atoms with Gasteiger partial charge in [-0.1, -0.05) is 0 Å². The van der Waals surface area contributed by atoms with Gasteiger partial charge in [-0.15, -0.1) is 0 Å². The van der Waals surface area contributed by atoms with Crippen LogP contribution in [0.1, 0.15) is 17.2 Å². The number of hydrogen-bond donors (Lipinski definition) is 2. The van der Waals surface area contributed by atoms with Gasteiger partial charge in [0, 0.05) is 11.6 Å². The van der Waals surface area contributed by atoms with Crippen molar-refractivity contribution in [1.82, 2.24) is 0 Å². The first-order valence-corrected chi connectivity index (χ1v) is 4.36. The number of phenolic OH excluding ortho intramolecular Hbond substituents is 1. The summed E-state index contributed by atoms with van der Waals surface area (Å²) < 4.78 is 29.6. The van der Waals surface area contributed by atoms with Crippen LogP contribution in [0.2, 0.25) is 0 Å². The van der Waals surface area contributed by atoms with E-state index in [1.807, 2.05) is 0 Å². The van der Waals surface area contributed by atoms with Gasteiger partial charge in [0.2, 0.25) is 0 Å². The molecule has 1 aromatic rings. The lowest BCUT2D eigenvalue weighted by Gasteiger charge is -2.15. The minimum atomic E-state index is -2.83. The normalized spacial score (nSPS) is 12.2. The molecule has 1 atom stereocenters. The third-order valence-corrected chi connectivity index (χ3v) is 2.08. The first kappa shape index (κ1) is 12.2. The zero-order chi connectivity index (χ0) is 12.3. The number of nitriles is 1. The lowest BCUT2D eigenvalue weighted by atomic mass is 10.0. The molecule has 0 aromatic heterocycles. The van der Waals surface area contributed by atoms with E-state index < -0.39 is 18.2 Å². The number of rotatable bonds is 3. The van der Waals surface area contributed by atoms with Crippen LogP contribution in [0.3, 0.4) is 0 Å². The molecule has 6 heteroatoms. The SMILES string of the molecule is COc1cc(C#N)cc([C@H](N)C(F)F)c1O. The number of benzene rings is 1. The maximum Gasteiger partial charge on any atom is 0.257 e. The van der Waals surface area contributed by atoms with Gasteiger partial charge in [0.15, 0.2) is 11.5 Å². The number of nitrogens with zero attached hydrogens (tertiary/aromatic N) is 1. The maximum atomic E-state index is 12.4. The molecule has 0 radical (unpaired) electrons. The lowest BCUT2D eigenvalue weighted by Crippen LogP contribution is -2.19. The molecule has 0 saturated heterocycles. The Morgan fingerprint density at radius 2 is 2.12 bits per heavy atom. The van der Waals surface area contributed by atoms with Crippen molar-refractivity contribution in [2.45, 2.75) is 12.5 Å². The van der Waals surface area contributed by atoms with E-state index in [9.17, 15) is 13.9 Å². The van der Waals surface area contributed by atoms with Crippen molar-refractivity contribution < 1.29 is 18.6 Å². The highest BCUT2D eigenvalue weighted by molar-refractivity contribution is 5.52. The van der Waals surface area contributed by atoms with Crippen molar-refractivity contribution in [2.75, 3.05) is 7.11 Å². The van der Waals surface area contributed by atoms with Crippen molar-refractivity contribution >= 4 is 0 Å². The van der Waals surface area contributed by atoms with Crippen LogP contribution in [-0.2, 0) is 0 Å². The Hall–Kier alpha value is -1.87. The van der Waals surface area contributed by atoms with Crippen LogP contribution in [0.5, 0.6) is 11.5 Å². The average molecular weight is 228 g/mol. The number of methoxy groups -OCH3 is 1. The number of alkyl halides is 2. The van der Waals surface area contributed by atoms with E-state index in [0.717, 1.165) is 6.07 Å². The summed E-state index contributed by atoms with van der Waals surface area (Å²) >= 11 is 0. The van der Waals surface area contributed by atoms with Crippen molar-refractivity contribution in [3.8, 4) is 17.6 Å². The second-order valence-electron chi connectivity index (χ2n) is 3.09. The molecule has 4 nitrogen and oxygen atoms in total. The van der Waals surface area contributed by atoms with Crippen molar-refractivity contribution in [1.29, 1.82) is 5.26 Å². The van der Waals surface area contributed by atoms with Crippen molar-refractivity contribution in [2.24, 2.45) is 5.73 Å². The highest BCUT2D eigenvalue weighted by Crippen LogP contribution is 2.36. The van der Waals surface area contributed by atoms with E-state index in [1.165, 1.54) is 13.2 Å². The zero-order valence-electron chi connectivity index (χ0n) is 8.45. The number of hydrogen-bond acceptors (Lipinski definition) is 4. The maximum absolute atomic E-state index is 12.4. The fraction of sp³-hybridized carbons (Fsp3) is 0.300. The van der Waals surface area contributed by atoms with Crippen LogP contribution in [0.4, 0.5) is 8.78 Å². The average Bonchev–Trinajstić information content (AvgIpc) is 2.28. The fourth-order valence-corrected chi connectivity index (χ4v) is 1.24. The largest absolute Gasteiger partial charge is 0.504 e. The van der Waals surface area contributed by atoms with E-state index >= 15 is 0 Å². The van der Waals surface area contributed by atoms with E-state index in [4.69, 9.17) is 15.7 Å². The number of halogens is 2.